The largest absolute Gasteiger partial charge is 0.356 e. The van der Waals surface area contributed by atoms with E-state index in [2.05, 4.69) is 29.2 Å². The lowest BCUT2D eigenvalue weighted by molar-refractivity contribution is -0.132. The summed E-state index contributed by atoms with van der Waals surface area (Å²) in [5, 5.41) is 7.53. The molecule has 2 aromatic rings. The number of carbonyl (C=O) groups excluding carboxylic acids is 1. The first-order valence-corrected chi connectivity index (χ1v) is 10.8. The van der Waals surface area contributed by atoms with Gasteiger partial charge in [-0.1, -0.05) is 31.8 Å². The van der Waals surface area contributed by atoms with E-state index < -0.39 is 0 Å². The summed E-state index contributed by atoms with van der Waals surface area (Å²) in [6.45, 7) is 5.74. The smallest absolute Gasteiger partial charge is 0.237 e. The molecule has 29 heavy (non-hydrogen) atoms. The monoisotopic (exact) mass is 399 g/mol. The van der Waals surface area contributed by atoms with Crippen molar-refractivity contribution in [2.24, 2.45) is 11.8 Å². The molecule has 1 amide bonds. The number of rotatable bonds is 6. The van der Waals surface area contributed by atoms with E-state index in [0.29, 0.717) is 24.1 Å². The fraction of sp³-hybridized carbons (Fsp3) is 0.565. The molecular weight excluding hydrogens is 369 g/mol. The molecule has 1 saturated carbocycles. The number of hydrogen-bond acceptors (Lipinski definition) is 4. The first-order valence-electron chi connectivity index (χ1n) is 10.8. The molecule has 0 bridgehead atoms. The molecule has 0 radical (unpaired) electrons. The average molecular weight is 400 g/mol. The lowest BCUT2D eigenvalue weighted by Gasteiger charge is -2.41. The van der Waals surface area contributed by atoms with E-state index in [0.717, 1.165) is 24.2 Å². The fourth-order valence-electron chi connectivity index (χ4n) is 4.72. The van der Waals surface area contributed by atoms with Crippen molar-refractivity contribution in [2.75, 3.05) is 6.54 Å². The van der Waals surface area contributed by atoms with E-state index in [9.17, 15) is 9.18 Å². The van der Waals surface area contributed by atoms with Crippen molar-refractivity contribution in [2.45, 2.75) is 64.6 Å². The molecule has 2 unspecified atom stereocenters. The summed E-state index contributed by atoms with van der Waals surface area (Å²) in [6.07, 6.45) is 5.75. The van der Waals surface area contributed by atoms with Gasteiger partial charge in [-0.15, -0.1) is 0 Å². The van der Waals surface area contributed by atoms with Gasteiger partial charge in [-0.3, -0.25) is 9.69 Å². The first kappa shape index (κ1) is 20.1. The molecule has 1 aromatic heterocycles. The van der Waals surface area contributed by atoms with Gasteiger partial charge in [-0.05, 0) is 55.4 Å². The number of aromatic nitrogens is 1. The van der Waals surface area contributed by atoms with E-state index >= 15 is 0 Å². The number of nitrogens with one attached hydrogen (secondary N) is 1. The van der Waals surface area contributed by atoms with Crippen LogP contribution in [0.15, 0.2) is 34.9 Å². The van der Waals surface area contributed by atoms with Crippen molar-refractivity contribution < 1.29 is 13.7 Å². The van der Waals surface area contributed by atoms with Crippen molar-refractivity contribution >= 4 is 5.91 Å². The summed E-state index contributed by atoms with van der Waals surface area (Å²) in [4.78, 5) is 15.2. The Balaban J connectivity index is 1.51. The molecule has 2 atom stereocenters. The summed E-state index contributed by atoms with van der Waals surface area (Å²) in [5.41, 5.74) is 1.60. The lowest BCUT2D eigenvalue weighted by Crippen LogP contribution is -2.61. The normalized spacial score (nSPS) is 23.7. The Bertz CT molecular complexity index is 827. The van der Waals surface area contributed by atoms with Crippen LogP contribution in [-0.4, -0.2) is 34.6 Å². The second-order valence-corrected chi connectivity index (χ2v) is 8.92. The zero-order valence-electron chi connectivity index (χ0n) is 17.2. The minimum Gasteiger partial charge on any atom is -0.356 e. The molecule has 0 spiro atoms. The van der Waals surface area contributed by atoms with Crippen molar-refractivity contribution in [1.29, 1.82) is 0 Å². The molecule has 2 aliphatic rings. The van der Waals surface area contributed by atoms with Crippen LogP contribution in [0.2, 0.25) is 0 Å². The number of carbonyl (C=O) groups is 1. The SMILES string of the molecule is CC(C)CC1C(=O)NC(C2CCCC2)CN1Cc1cc(-c2ccc(F)cc2)on1. The van der Waals surface area contributed by atoms with Crippen LogP contribution in [0.4, 0.5) is 4.39 Å². The van der Waals surface area contributed by atoms with Gasteiger partial charge in [0.05, 0.1) is 11.7 Å². The maximum Gasteiger partial charge on any atom is 0.237 e. The van der Waals surface area contributed by atoms with Gasteiger partial charge in [-0.2, -0.15) is 0 Å². The number of amides is 1. The maximum absolute atomic E-state index is 13.2. The lowest BCUT2D eigenvalue weighted by atomic mass is 9.91. The Morgan fingerprint density at radius 3 is 2.66 bits per heavy atom. The van der Waals surface area contributed by atoms with E-state index in [1.807, 2.05) is 6.07 Å². The van der Waals surface area contributed by atoms with Crippen molar-refractivity contribution in [3.63, 3.8) is 0 Å². The number of halogens is 1. The van der Waals surface area contributed by atoms with Crippen LogP contribution in [0, 0.1) is 17.7 Å². The molecule has 156 valence electrons. The van der Waals surface area contributed by atoms with Crippen LogP contribution >= 0.6 is 0 Å². The summed E-state index contributed by atoms with van der Waals surface area (Å²) >= 11 is 0. The minimum atomic E-state index is -0.276. The molecular formula is C23H30FN3O2. The predicted octanol–water partition coefficient (Wildman–Crippen LogP) is 4.39. The zero-order chi connectivity index (χ0) is 20.4. The molecule has 1 aliphatic carbocycles. The predicted molar refractivity (Wildman–Crippen MR) is 109 cm³/mol. The summed E-state index contributed by atoms with van der Waals surface area (Å²) < 4.78 is 18.7. The van der Waals surface area contributed by atoms with Crippen molar-refractivity contribution in [3.05, 3.63) is 41.8 Å². The highest BCUT2D eigenvalue weighted by atomic mass is 19.1. The van der Waals surface area contributed by atoms with Gasteiger partial charge in [0.1, 0.15) is 5.82 Å². The Kier molecular flexibility index (Phi) is 5.99. The van der Waals surface area contributed by atoms with Crippen molar-refractivity contribution in [3.8, 4) is 11.3 Å². The molecule has 1 N–H and O–H groups in total. The van der Waals surface area contributed by atoms with Crippen LogP contribution in [0.1, 0.15) is 51.6 Å². The number of benzene rings is 1. The van der Waals surface area contributed by atoms with Crippen LogP contribution in [-0.2, 0) is 11.3 Å². The highest BCUT2D eigenvalue weighted by molar-refractivity contribution is 5.83. The highest BCUT2D eigenvalue weighted by Gasteiger charge is 2.38. The average Bonchev–Trinajstić information content (AvgIpc) is 3.37. The maximum atomic E-state index is 13.2. The standard InChI is InChI=1S/C23H30FN3O2/c1-15(2)11-21-23(28)25-20(16-5-3-4-6-16)14-27(21)13-19-12-22(29-26-19)17-7-9-18(24)10-8-17/h7-10,12,15-16,20-21H,3-6,11,13-14H2,1-2H3,(H,25,28). The number of nitrogens with zero attached hydrogens (tertiary/aromatic N) is 2. The third kappa shape index (κ3) is 4.69. The molecule has 5 nitrogen and oxygen atoms in total. The minimum absolute atomic E-state index is 0.140. The Hall–Kier alpha value is -2.21. The van der Waals surface area contributed by atoms with Gasteiger partial charge in [-0.25, -0.2) is 4.39 Å². The molecule has 1 aliphatic heterocycles. The first-order chi connectivity index (χ1) is 14.0. The molecule has 4 rings (SSSR count). The fourth-order valence-corrected chi connectivity index (χ4v) is 4.72. The Morgan fingerprint density at radius 2 is 1.97 bits per heavy atom. The van der Waals surface area contributed by atoms with Crippen LogP contribution in [0.3, 0.4) is 0 Å². The highest BCUT2D eigenvalue weighted by Crippen LogP contribution is 2.31. The van der Waals surface area contributed by atoms with Gasteiger partial charge < -0.3 is 9.84 Å². The molecule has 6 heteroatoms. The van der Waals surface area contributed by atoms with E-state index in [1.54, 1.807) is 12.1 Å². The second-order valence-electron chi connectivity index (χ2n) is 8.92. The van der Waals surface area contributed by atoms with Gasteiger partial charge in [0.15, 0.2) is 5.76 Å². The Morgan fingerprint density at radius 1 is 1.24 bits per heavy atom. The number of piperazine rings is 1. The third-order valence-corrected chi connectivity index (χ3v) is 6.22. The van der Waals surface area contributed by atoms with Crippen molar-refractivity contribution in [1.82, 2.24) is 15.4 Å². The van der Waals surface area contributed by atoms with Crippen LogP contribution < -0.4 is 5.32 Å². The van der Waals surface area contributed by atoms with Crippen LogP contribution in [0.5, 0.6) is 0 Å². The van der Waals surface area contributed by atoms with E-state index in [4.69, 9.17) is 4.52 Å². The Labute approximate surface area is 171 Å². The molecule has 2 heterocycles. The number of hydrogen-bond donors (Lipinski definition) is 1. The zero-order valence-corrected chi connectivity index (χ0v) is 17.2. The van der Waals surface area contributed by atoms with Gasteiger partial charge in [0.25, 0.3) is 0 Å². The molecule has 1 aromatic carbocycles. The molecule has 1 saturated heterocycles. The molecule has 2 fully saturated rings. The summed E-state index contributed by atoms with van der Waals surface area (Å²) in [7, 11) is 0. The van der Waals surface area contributed by atoms with E-state index in [1.165, 1.54) is 37.8 Å². The van der Waals surface area contributed by atoms with Gasteiger partial charge in [0, 0.05) is 30.8 Å². The van der Waals surface area contributed by atoms with E-state index in [-0.39, 0.29) is 23.8 Å². The summed E-state index contributed by atoms with van der Waals surface area (Å²) in [5.74, 6) is 1.50. The van der Waals surface area contributed by atoms with Gasteiger partial charge >= 0.3 is 0 Å². The summed E-state index contributed by atoms with van der Waals surface area (Å²) in [6, 6.07) is 8.18. The van der Waals surface area contributed by atoms with Crippen LogP contribution in [0.25, 0.3) is 11.3 Å². The van der Waals surface area contributed by atoms with Gasteiger partial charge in [0.2, 0.25) is 5.91 Å². The third-order valence-electron chi connectivity index (χ3n) is 6.22. The topological polar surface area (TPSA) is 58.4 Å². The second kappa shape index (κ2) is 8.66. The quantitative estimate of drug-likeness (QED) is 0.783.